The van der Waals surface area contributed by atoms with Crippen LogP contribution in [0.4, 0.5) is 0 Å². The summed E-state index contributed by atoms with van der Waals surface area (Å²) in [6, 6.07) is 18.2. The third kappa shape index (κ3) is 4.11. The predicted octanol–water partition coefficient (Wildman–Crippen LogP) is 3.45. The van der Waals surface area contributed by atoms with Crippen molar-refractivity contribution in [1.29, 1.82) is 0 Å². The Balaban J connectivity index is 1.60. The van der Waals surface area contributed by atoms with Gasteiger partial charge < -0.3 is 0 Å². The lowest BCUT2D eigenvalue weighted by atomic mass is 10.1. The molecule has 0 aliphatic rings. The molecule has 0 aliphatic carbocycles. The van der Waals surface area contributed by atoms with E-state index in [1.807, 2.05) is 45.9 Å². The Hall–Kier alpha value is -3.28. The molecule has 0 amide bonds. The molecule has 0 spiro atoms. The Kier molecular flexibility index (Phi) is 5.05. The van der Waals surface area contributed by atoms with Gasteiger partial charge in [0.1, 0.15) is 5.82 Å². The van der Waals surface area contributed by atoms with Crippen LogP contribution in [0.5, 0.6) is 0 Å². The van der Waals surface area contributed by atoms with E-state index < -0.39 is 0 Å². The second-order valence-corrected chi connectivity index (χ2v) is 6.60. The summed E-state index contributed by atoms with van der Waals surface area (Å²) in [6.07, 6.45) is 7.25. The summed E-state index contributed by atoms with van der Waals surface area (Å²) in [5, 5.41) is 9.07. The number of aryl methyl sites for hydroxylation is 2. The summed E-state index contributed by atoms with van der Waals surface area (Å²) >= 11 is 0. The van der Waals surface area contributed by atoms with E-state index in [1.165, 1.54) is 5.56 Å². The average Bonchev–Trinajstić information content (AvgIpc) is 3.38. The SMILES string of the molecule is C[C@H](Cn1cccn1)c1nc(CCc2ccccc2)nn1-c1ccccn1. The van der Waals surface area contributed by atoms with E-state index in [0.29, 0.717) is 0 Å². The van der Waals surface area contributed by atoms with Crippen molar-refractivity contribution in [2.75, 3.05) is 0 Å². The minimum atomic E-state index is 0.157. The van der Waals surface area contributed by atoms with Crippen LogP contribution >= 0.6 is 0 Å². The summed E-state index contributed by atoms with van der Waals surface area (Å²) in [7, 11) is 0. The number of pyridine rings is 1. The maximum absolute atomic E-state index is 4.85. The molecular weight excluding hydrogens is 336 g/mol. The van der Waals surface area contributed by atoms with Gasteiger partial charge in [-0.3, -0.25) is 4.68 Å². The summed E-state index contributed by atoms with van der Waals surface area (Å²) in [5.41, 5.74) is 1.29. The molecule has 0 saturated carbocycles. The van der Waals surface area contributed by atoms with Gasteiger partial charge in [-0.05, 0) is 30.2 Å². The number of benzene rings is 1. The Labute approximate surface area is 158 Å². The second-order valence-electron chi connectivity index (χ2n) is 6.60. The monoisotopic (exact) mass is 358 g/mol. The van der Waals surface area contributed by atoms with Crippen molar-refractivity contribution in [3.05, 3.63) is 90.4 Å². The van der Waals surface area contributed by atoms with Crippen molar-refractivity contribution in [3.63, 3.8) is 0 Å². The minimum Gasteiger partial charge on any atom is -0.272 e. The first-order chi connectivity index (χ1) is 13.3. The zero-order valence-electron chi connectivity index (χ0n) is 15.3. The first-order valence-electron chi connectivity index (χ1n) is 9.18. The van der Waals surface area contributed by atoms with Gasteiger partial charge in [0.15, 0.2) is 11.6 Å². The van der Waals surface area contributed by atoms with Gasteiger partial charge in [-0.1, -0.05) is 43.3 Å². The molecule has 3 heterocycles. The number of hydrogen-bond donors (Lipinski definition) is 0. The summed E-state index contributed by atoms with van der Waals surface area (Å²) in [4.78, 5) is 9.31. The molecule has 3 aromatic heterocycles. The Morgan fingerprint density at radius 2 is 1.78 bits per heavy atom. The topological polar surface area (TPSA) is 61.4 Å². The highest BCUT2D eigenvalue weighted by atomic mass is 15.4. The lowest BCUT2D eigenvalue weighted by Crippen LogP contribution is -2.13. The molecule has 0 unspecified atom stereocenters. The first-order valence-corrected chi connectivity index (χ1v) is 9.18. The Morgan fingerprint density at radius 3 is 2.52 bits per heavy atom. The van der Waals surface area contributed by atoms with E-state index in [-0.39, 0.29) is 5.92 Å². The molecule has 0 fully saturated rings. The Morgan fingerprint density at radius 1 is 0.926 bits per heavy atom. The highest BCUT2D eigenvalue weighted by molar-refractivity contribution is 5.23. The summed E-state index contributed by atoms with van der Waals surface area (Å²) in [6.45, 7) is 2.89. The zero-order valence-corrected chi connectivity index (χ0v) is 15.3. The molecule has 1 aromatic carbocycles. The molecule has 136 valence electrons. The van der Waals surface area contributed by atoms with Gasteiger partial charge in [-0.2, -0.15) is 9.78 Å². The van der Waals surface area contributed by atoms with E-state index in [2.05, 4.69) is 41.3 Å². The second kappa shape index (κ2) is 7.95. The first kappa shape index (κ1) is 17.1. The van der Waals surface area contributed by atoms with Crippen LogP contribution in [0.25, 0.3) is 5.82 Å². The van der Waals surface area contributed by atoms with E-state index in [0.717, 1.165) is 36.9 Å². The molecule has 4 aromatic rings. The molecule has 1 atom stereocenters. The highest BCUT2D eigenvalue weighted by Gasteiger charge is 2.19. The standard InChI is InChI=1S/C21H22N6/c1-17(16-26-15-7-14-23-26)21-24-19(12-11-18-8-3-2-4-9-18)25-27(21)20-10-5-6-13-22-20/h2-10,13-15,17H,11-12,16H2,1H3/t17-/m1/s1. The van der Waals surface area contributed by atoms with E-state index in [9.17, 15) is 0 Å². The number of hydrogen-bond acceptors (Lipinski definition) is 4. The predicted molar refractivity (Wildman–Crippen MR) is 104 cm³/mol. The van der Waals surface area contributed by atoms with Crippen molar-refractivity contribution in [2.24, 2.45) is 0 Å². The third-order valence-corrected chi connectivity index (χ3v) is 4.48. The van der Waals surface area contributed by atoms with Crippen LogP contribution in [0.1, 0.15) is 30.1 Å². The fraction of sp³-hybridized carbons (Fsp3) is 0.238. The van der Waals surface area contributed by atoms with Crippen LogP contribution in [-0.4, -0.2) is 29.5 Å². The van der Waals surface area contributed by atoms with Crippen LogP contribution in [-0.2, 0) is 19.4 Å². The molecule has 6 nitrogen and oxygen atoms in total. The normalized spacial score (nSPS) is 12.2. The zero-order chi connectivity index (χ0) is 18.5. The van der Waals surface area contributed by atoms with Crippen LogP contribution < -0.4 is 0 Å². The minimum absolute atomic E-state index is 0.157. The largest absolute Gasteiger partial charge is 0.272 e. The molecule has 27 heavy (non-hydrogen) atoms. The maximum atomic E-state index is 4.85. The van der Waals surface area contributed by atoms with E-state index in [4.69, 9.17) is 10.1 Å². The van der Waals surface area contributed by atoms with Crippen LogP contribution in [0.15, 0.2) is 73.2 Å². The van der Waals surface area contributed by atoms with Crippen molar-refractivity contribution in [3.8, 4) is 5.82 Å². The number of nitrogens with zero attached hydrogens (tertiary/aromatic N) is 6. The molecule has 0 radical (unpaired) electrons. The quantitative estimate of drug-likeness (QED) is 0.508. The van der Waals surface area contributed by atoms with Crippen molar-refractivity contribution in [2.45, 2.75) is 32.2 Å². The smallest absolute Gasteiger partial charge is 0.155 e. The maximum Gasteiger partial charge on any atom is 0.155 e. The molecule has 4 rings (SSSR count). The van der Waals surface area contributed by atoms with Gasteiger partial charge in [-0.25, -0.2) is 9.97 Å². The van der Waals surface area contributed by atoms with Gasteiger partial charge in [0, 0.05) is 30.9 Å². The fourth-order valence-electron chi connectivity index (χ4n) is 3.11. The molecular formula is C21H22N6. The molecule has 6 heteroatoms. The Bertz CT molecular complexity index is 961. The van der Waals surface area contributed by atoms with Crippen molar-refractivity contribution in [1.82, 2.24) is 29.5 Å². The summed E-state index contributed by atoms with van der Waals surface area (Å²) in [5.74, 6) is 2.70. The van der Waals surface area contributed by atoms with E-state index >= 15 is 0 Å². The summed E-state index contributed by atoms with van der Waals surface area (Å²) < 4.78 is 3.79. The van der Waals surface area contributed by atoms with Crippen LogP contribution in [0.2, 0.25) is 0 Å². The van der Waals surface area contributed by atoms with Crippen molar-refractivity contribution >= 4 is 0 Å². The van der Waals surface area contributed by atoms with Crippen LogP contribution in [0.3, 0.4) is 0 Å². The van der Waals surface area contributed by atoms with Crippen LogP contribution in [0, 0.1) is 0 Å². The third-order valence-electron chi connectivity index (χ3n) is 4.48. The fourth-order valence-corrected chi connectivity index (χ4v) is 3.11. The number of rotatable bonds is 7. The number of aromatic nitrogens is 6. The van der Waals surface area contributed by atoms with Gasteiger partial charge in [0.25, 0.3) is 0 Å². The van der Waals surface area contributed by atoms with E-state index in [1.54, 1.807) is 12.4 Å². The van der Waals surface area contributed by atoms with Gasteiger partial charge in [-0.15, -0.1) is 5.10 Å². The van der Waals surface area contributed by atoms with Gasteiger partial charge >= 0.3 is 0 Å². The lowest BCUT2D eigenvalue weighted by molar-refractivity contribution is 0.514. The van der Waals surface area contributed by atoms with Crippen molar-refractivity contribution < 1.29 is 0 Å². The average molecular weight is 358 g/mol. The molecule has 0 bridgehead atoms. The molecule has 0 aliphatic heterocycles. The lowest BCUT2D eigenvalue weighted by Gasteiger charge is -2.12. The highest BCUT2D eigenvalue weighted by Crippen LogP contribution is 2.19. The van der Waals surface area contributed by atoms with Gasteiger partial charge in [0.2, 0.25) is 0 Å². The van der Waals surface area contributed by atoms with Gasteiger partial charge in [0.05, 0.1) is 6.54 Å². The molecule has 0 N–H and O–H groups in total. The molecule has 0 saturated heterocycles.